The van der Waals surface area contributed by atoms with Crippen LogP contribution in [0.2, 0.25) is 0 Å². The molecule has 0 saturated carbocycles. The first-order valence-electron chi connectivity index (χ1n) is 9.17. The van der Waals surface area contributed by atoms with E-state index < -0.39 is 5.97 Å². The molecule has 0 spiro atoms. The van der Waals surface area contributed by atoms with Crippen LogP contribution in [0.4, 0.5) is 5.69 Å². The third-order valence-corrected chi connectivity index (χ3v) is 4.71. The highest BCUT2D eigenvalue weighted by molar-refractivity contribution is 6.06. The van der Waals surface area contributed by atoms with Gasteiger partial charge in [-0.2, -0.15) is 5.10 Å². The Morgan fingerprint density at radius 2 is 2.04 bits per heavy atom. The number of hydrogen-bond acceptors (Lipinski definition) is 5. The van der Waals surface area contributed by atoms with Crippen molar-refractivity contribution in [2.45, 2.75) is 39.2 Å². The van der Waals surface area contributed by atoms with Crippen LogP contribution in [0.3, 0.4) is 0 Å². The number of nitrogens with zero attached hydrogens (tertiary/aromatic N) is 3. The Balaban J connectivity index is 1.96. The maximum absolute atomic E-state index is 13.1. The number of anilines is 1. The van der Waals surface area contributed by atoms with Crippen molar-refractivity contribution >= 4 is 17.6 Å². The molecule has 1 aromatic carbocycles. The van der Waals surface area contributed by atoms with Crippen molar-refractivity contribution in [3.63, 3.8) is 0 Å². The van der Waals surface area contributed by atoms with Gasteiger partial charge in [-0.15, -0.1) is 0 Å². The van der Waals surface area contributed by atoms with E-state index in [9.17, 15) is 14.4 Å². The maximum Gasteiger partial charge on any atom is 0.338 e. The Bertz CT molecular complexity index is 920. The molecule has 1 aliphatic heterocycles. The van der Waals surface area contributed by atoms with Crippen LogP contribution in [-0.2, 0) is 17.7 Å². The van der Waals surface area contributed by atoms with Crippen LogP contribution in [0.5, 0.6) is 0 Å². The first kappa shape index (κ1) is 18.8. The summed E-state index contributed by atoms with van der Waals surface area (Å²) in [4.78, 5) is 38.7. The van der Waals surface area contributed by atoms with E-state index in [-0.39, 0.29) is 17.2 Å². The Labute approximate surface area is 157 Å². The molecule has 0 radical (unpaired) electrons. The van der Waals surface area contributed by atoms with E-state index in [0.29, 0.717) is 30.8 Å². The molecule has 1 amide bonds. The van der Waals surface area contributed by atoms with Gasteiger partial charge < -0.3 is 9.64 Å². The number of amides is 1. The van der Waals surface area contributed by atoms with Crippen LogP contribution in [-0.4, -0.2) is 35.3 Å². The lowest BCUT2D eigenvalue weighted by atomic mass is 9.96. The summed E-state index contributed by atoms with van der Waals surface area (Å²) < 4.78 is 6.20. The number of aryl methyl sites for hydroxylation is 1. The summed E-state index contributed by atoms with van der Waals surface area (Å²) in [6.45, 7) is 3.05. The maximum atomic E-state index is 13.1. The van der Waals surface area contributed by atoms with Gasteiger partial charge in [0.25, 0.3) is 11.5 Å². The van der Waals surface area contributed by atoms with Gasteiger partial charge in [0.05, 0.1) is 12.7 Å². The molecule has 0 atom stereocenters. The third-order valence-electron chi connectivity index (χ3n) is 4.71. The lowest BCUT2D eigenvalue weighted by molar-refractivity contribution is 0.0599. The van der Waals surface area contributed by atoms with E-state index in [1.165, 1.54) is 23.9 Å². The molecule has 27 heavy (non-hydrogen) atoms. The number of esters is 1. The topological polar surface area (TPSA) is 81.5 Å². The second-order valence-electron chi connectivity index (χ2n) is 6.49. The fourth-order valence-electron chi connectivity index (χ4n) is 3.31. The molecule has 2 aromatic rings. The minimum absolute atomic E-state index is 0.216. The molecule has 0 saturated heterocycles. The average molecular weight is 369 g/mol. The molecule has 0 bridgehead atoms. The van der Waals surface area contributed by atoms with E-state index in [1.54, 1.807) is 17.0 Å². The van der Waals surface area contributed by atoms with Crippen molar-refractivity contribution in [1.82, 2.24) is 9.78 Å². The van der Waals surface area contributed by atoms with Gasteiger partial charge in [0, 0.05) is 24.8 Å². The Hall–Kier alpha value is -2.96. The van der Waals surface area contributed by atoms with E-state index in [0.717, 1.165) is 24.8 Å². The highest BCUT2D eigenvalue weighted by Crippen LogP contribution is 2.31. The molecular formula is C20H23N3O4. The summed E-state index contributed by atoms with van der Waals surface area (Å²) >= 11 is 0. The zero-order valence-electron chi connectivity index (χ0n) is 15.6. The zero-order chi connectivity index (χ0) is 19.4. The highest BCUT2D eigenvalue weighted by Gasteiger charge is 2.28. The number of fused-ring (bicyclic) bond motifs is 1. The van der Waals surface area contributed by atoms with E-state index in [1.807, 2.05) is 13.0 Å². The first-order valence-corrected chi connectivity index (χ1v) is 9.17. The Kier molecular flexibility index (Phi) is 5.69. The van der Waals surface area contributed by atoms with Crippen LogP contribution in [0.15, 0.2) is 35.1 Å². The van der Waals surface area contributed by atoms with Gasteiger partial charge in [0.15, 0.2) is 0 Å². The molecule has 0 aliphatic carbocycles. The Morgan fingerprint density at radius 1 is 1.22 bits per heavy atom. The van der Waals surface area contributed by atoms with Crippen LogP contribution in [0, 0.1) is 0 Å². The third kappa shape index (κ3) is 3.77. The summed E-state index contributed by atoms with van der Waals surface area (Å²) in [7, 11) is 1.34. The van der Waals surface area contributed by atoms with Crippen molar-refractivity contribution in [2.24, 2.45) is 0 Å². The van der Waals surface area contributed by atoms with Crippen molar-refractivity contribution < 1.29 is 14.3 Å². The number of ether oxygens (including phenoxy) is 1. The molecule has 1 aromatic heterocycles. The highest BCUT2D eigenvalue weighted by atomic mass is 16.5. The van der Waals surface area contributed by atoms with Crippen LogP contribution < -0.4 is 10.5 Å². The number of benzene rings is 1. The van der Waals surface area contributed by atoms with Crippen LogP contribution >= 0.6 is 0 Å². The van der Waals surface area contributed by atoms with Gasteiger partial charge >= 0.3 is 5.97 Å². The number of aromatic nitrogens is 2. The van der Waals surface area contributed by atoms with Crippen molar-refractivity contribution in [2.75, 3.05) is 18.6 Å². The Morgan fingerprint density at radius 3 is 2.78 bits per heavy atom. The van der Waals surface area contributed by atoms with E-state index in [2.05, 4.69) is 5.10 Å². The van der Waals surface area contributed by atoms with Crippen molar-refractivity contribution in [3.05, 3.63) is 57.5 Å². The molecule has 1 aliphatic rings. The number of rotatable bonds is 5. The van der Waals surface area contributed by atoms with Gasteiger partial charge in [0.1, 0.15) is 5.69 Å². The van der Waals surface area contributed by atoms with Gasteiger partial charge in [-0.25, -0.2) is 9.48 Å². The SMILES string of the molecule is CCCCn1nc(C(=O)N2CCCc3c(C(=O)OC)cccc32)ccc1=O. The number of carbonyl (C=O) groups is 2. The number of hydrogen-bond donors (Lipinski definition) is 0. The van der Waals surface area contributed by atoms with Crippen LogP contribution in [0.25, 0.3) is 0 Å². The molecule has 3 rings (SSSR count). The second-order valence-corrected chi connectivity index (χ2v) is 6.49. The smallest absolute Gasteiger partial charge is 0.338 e. The lowest BCUT2D eigenvalue weighted by Gasteiger charge is -2.30. The summed E-state index contributed by atoms with van der Waals surface area (Å²) in [5.74, 6) is -0.685. The predicted octanol–water partition coefficient (Wildman–Crippen LogP) is 2.42. The fourth-order valence-corrected chi connectivity index (χ4v) is 3.31. The molecule has 0 unspecified atom stereocenters. The molecule has 0 fully saturated rings. The van der Waals surface area contributed by atoms with Crippen molar-refractivity contribution in [3.8, 4) is 0 Å². The molecule has 7 nitrogen and oxygen atoms in total. The standard InChI is InChI=1S/C20H23N3O4/c1-3-4-13-23-18(24)11-10-16(21-23)19(25)22-12-6-8-14-15(20(26)27-2)7-5-9-17(14)22/h5,7,9-11H,3-4,6,8,12-13H2,1-2H3. The minimum Gasteiger partial charge on any atom is -0.465 e. The van der Waals surface area contributed by atoms with Gasteiger partial charge in [0.2, 0.25) is 0 Å². The zero-order valence-corrected chi connectivity index (χ0v) is 15.6. The molecular weight excluding hydrogens is 346 g/mol. The normalized spacial score (nSPS) is 13.2. The fraction of sp³-hybridized carbons (Fsp3) is 0.400. The number of carbonyl (C=O) groups excluding carboxylic acids is 2. The summed E-state index contributed by atoms with van der Waals surface area (Å²) in [5.41, 5.74) is 1.99. The minimum atomic E-state index is -0.410. The van der Waals surface area contributed by atoms with Gasteiger partial charge in [-0.1, -0.05) is 19.4 Å². The predicted molar refractivity (Wildman–Crippen MR) is 101 cm³/mol. The molecule has 142 valence electrons. The summed E-state index contributed by atoms with van der Waals surface area (Å²) in [6.07, 6.45) is 3.19. The summed E-state index contributed by atoms with van der Waals surface area (Å²) in [6, 6.07) is 8.12. The van der Waals surface area contributed by atoms with Gasteiger partial charge in [-0.3, -0.25) is 9.59 Å². The van der Waals surface area contributed by atoms with Crippen molar-refractivity contribution in [1.29, 1.82) is 0 Å². The lowest BCUT2D eigenvalue weighted by Crippen LogP contribution is -2.38. The quantitative estimate of drug-likeness (QED) is 0.756. The molecule has 7 heteroatoms. The summed E-state index contributed by atoms with van der Waals surface area (Å²) in [5, 5.41) is 4.25. The first-order chi connectivity index (χ1) is 13.1. The van der Waals surface area contributed by atoms with Crippen LogP contribution in [0.1, 0.15) is 52.6 Å². The van der Waals surface area contributed by atoms with Gasteiger partial charge in [-0.05, 0) is 43.0 Å². The van der Waals surface area contributed by atoms with E-state index >= 15 is 0 Å². The molecule has 0 N–H and O–H groups in total. The number of unbranched alkanes of at least 4 members (excludes halogenated alkanes) is 1. The second kappa shape index (κ2) is 8.16. The molecule has 2 heterocycles. The average Bonchev–Trinajstić information content (AvgIpc) is 2.71. The van der Waals surface area contributed by atoms with E-state index in [4.69, 9.17) is 4.74 Å². The monoisotopic (exact) mass is 369 g/mol. The number of methoxy groups -OCH3 is 1. The largest absolute Gasteiger partial charge is 0.465 e.